The molecule has 0 spiro atoms. The number of aromatic hydroxyl groups is 1. The molecule has 4 atom stereocenters. The molecule has 260 valence electrons. The summed E-state index contributed by atoms with van der Waals surface area (Å²) in [5.41, 5.74) is 4.29. The SMILES string of the molecule is COc1ccc(OC)c(C=Cc2ccc(N3C(=O)[C@H]4[C@H](CC=C5[C@H](c6c(OC)cc(O)cc6OC)C6=C(C[C@H]54)C(=O)C=C(C)C6=O)C3=O)cc2)c1. The predicted molar refractivity (Wildman–Crippen MR) is 190 cm³/mol. The minimum atomic E-state index is -0.795. The van der Waals surface area contributed by atoms with Gasteiger partial charge in [-0.3, -0.25) is 24.1 Å². The zero-order valence-electron chi connectivity index (χ0n) is 28.9. The summed E-state index contributed by atoms with van der Waals surface area (Å²) in [4.78, 5) is 57.1. The van der Waals surface area contributed by atoms with Gasteiger partial charge in [0, 0.05) is 45.9 Å². The van der Waals surface area contributed by atoms with Gasteiger partial charge in [0.15, 0.2) is 11.6 Å². The van der Waals surface area contributed by atoms with Gasteiger partial charge in [-0.05, 0) is 67.7 Å². The number of ketones is 2. The number of Topliss-reactive ketones (excluding diaryl/α,β-unsaturated/α-hetero) is 1. The van der Waals surface area contributed by atoms with E-state index in [0.29, 0.717) is 39.5 Å². The van der Waals surface area contributed by atoms with Gasteiger partial charge in [0.1, 0.15) is 28.7 Å². The maximum absolute atomic E-state index is 14.4. The van der Waals surface area contributed by atoms with E-state index in [0.717, 1.165) is 16.7 Å². The number of hydrogen-bond acceptors (Lipinski definition) is 9. The Hall–Kier alpha value is -5.90. The van der Waals surface area contributed by atoms with E-state index in [-0.39, 0.29) is 53.5 Å². The average Bonchev–Trinajstić information content (AvgIpc) is 3.40. The van der Waals surface area contributed by atoms with E-state index in [4.69, 9.17) is 18.9 Å². The number of imide groups is 1. The van der Waals surface area contributed by atoms with Gasteiger partial charge >= 0.3 is 0 Å². The van der Waals surface area contributed by atoms with E-state index in [1.165, 1.54) is 37.3 Å². The molecule has 3 aromatic carbocycles. The lowest BCUT2D eigenvalue weighted by molar-refractivity contribution is -0.123. The molecule has 1 saturated heterocycles. The van der Waals surface area contributed by atoms with Crippen molar-refractivity contribution < 1.29 is 43.2 Å². The number of fused-ring (bicyclic) bond motifs is 3. The number of methoxy groups -OCH3 is 4. The third-order valence-corrected chi connectivity index (χ3v) is 10.4. The molecule has 1 fully saturated rings. The van der Waals surface area contributed by atoms with E-state index >= 15 is 0 Å². The van der Waals surface area contributed by atoms with Crippen LogP contribution in [0.5, 0.6) is 28.7 Å². The zero-order chi connectivity index (χ0) is 36.1. The van der Waals surface area contributed by atoms with Crippen molar-refractivity contribution in [2.45, 2.75) is 25.7 Å². The highest BCUT2D eigenvalue weighted by molar-refractivity contribution is 6.25. The van der Waals surface area contributed by atoms with Crippen LogP contribution in [0, 0.1) is 17.8 Å². The van der Waals surface area contributed by atoms with Crippen molar-refractivity contribution in [3.05, 3.63) is 106 Å². The van der Waals surface area contributed by atoms with E-state index in [1.54, 1.807) is 33.3 Å². The van der Waals surface area contributed by atoms with E-state index < -0.39 is 23.7 Å². The molecular formula is C41H37NO9. The van der Waals surface area contributed by atoms with Crippen LogP contribution in [0.2, 0.25) is 0 Å². The largest absolute Gasteiger partial charge is 0.508 e. The predicted octanol–water partition coefficient (Wildman–Crippen LogP) is 6.23. The Bertz CT molecular complexity index is 2100. The Morgan fingerprint density at radius 3 is 2.12 bits per heavy atom. The van der Waals surface area contributed by atoms with Crippen LogP contribution in [0.25, 0.3) is 12.2 Å². The van der Waals surface area contributed by atoms with Crippen LogP contribution in [0.3, 0.4) is 0 Å². The first-order valence-electron chi connectivity index (χ1n) is 16.6. The molecule has 10 nitrogen and oxygen atoms in total. The summed E-state index contributed by atoms with van der Waals surface area (Å²) in [5.74, 6) is -2.11. The maximum atomic E-state index is 14.4. The molecule has 7 rings (SSSR count). The molecule has 3 aliphatic carbocycles. The van der Waals surface area contributed by atoms with Crippen molar-refractivity contribution >= 4 is 41.2 Å². The van der Waals surface area contributed by atoms with E-state index in [1.807, 2.05) is 48.6 Å². The van der Waals surface area contributed by atoms with Gasteiger partial charge in [-0.15, -0.1) is 0 Å². The number of rotatable bonds is 8. The number of ether oxygens (including phenoxy) is 4. The molecule has 4 aliphatic rings. The molecule has 1 heterocycles. The summed E-state index contributed by atoms with van der Waals surface area (Å²) in [6.07, 6.45) is 7.50. The van der Waals surface area contributed by atoms with Crippen molar-refractivity contribution in [1.82, 2.24) is 0 Å². The van der Waals surface area contributed by atoms with Crippen LogP contribution < -0.4 is 23.8 Å². The van der Waals surface area contributed by atoms with Crippen LogP contribution in [0.4, 0.5) is 5.69 Å². The van der Waals surface area contributed by atoms with E-state index in [9.17, 15) is 24.3 Å². The molecular weight excluding hydrogens is 650 g/mol. The molecule has 0 aromatic heterocycles. The second-order valence-corrected chi connectivity index (χ2v) is 13.0. The van der Waals surface area contributed by atoms with E-state index in [2.05, 4.69) is 0 Å². The first-order chi connectivity index (χ1) is 24.6. The molecule has 2 amide bonds. The van der Waals surface area contributed by atoms with Crippen molar-refractivity contribution in [2.24, 2.45) is 17.8 Å². The molecule has 0 unspecified atom stereocenters. The topological polar surface area (TPSA) is 129 Å². The Morgan fingerprint density at radius 2 is 1.47 bits per heavy atom. The Balaban J connectivity index is 1.24. The summed E-state index contributed by atoms with van der Waals surface area (Å²) < 4.78 is 22.2. The number of carbonyl (C=O) groups excluding carboxylic acids is 4. The van der Waals surface area contributed by atoms with Gasteiger partial charge < -0.3 is 24.1 Å². The summed E-state index contributed by atoms with van der Waals surface area (Å²) in [5, 5.41) is 10.4. The quantitative estimate of drug-likeness (QED) is 0.127. The van der Waals surface area contributed by atoms with Crippen molar-refractivity contribution in [3.8, 4) is 28.7 Å². The maximum Gasteiger partial charge on any atom is 0.238 e. The first kappa shape index (κ1) is 33.6. The third-order valence-electron chi connectivity index (χ3n) is 10.4. The van der Waals surface area contributed by atoms with Gasteiger partial charge in [-0.1, -0.05) is 35.9 Å². The number of anilines is 1. The fourth-order valence-electron chi connectivity index (χ4n) is 8.05. The average molecular weight is 688 g/mol. The van der Waals surface area contributed by atoms with Crippen molar-refractivity contribution in [2.75, 3.05) is 33.3 Å². The highest BCUT2D eigenvalue weighted by atomic mass is 16.5. The second kappa shape index (κ2) is 13.1. The Labute approximate surface area is 295 Å². The number of carbonyl (C=O) groups is 4. The van der Waals surface area contributed by atoms with Crippen LogP contribution in [-0.4, -0.2) is 56.9 Å². The standard InChI is InChI=1S/C41H37NO9/c1-21-16-31(44)30-20-29-27(36(37(30)39(21)45)38-33(50-4)18-25(43)19-34(38)51-5)13-14-28-35(29)41(47)42(40(28)46)24-10-7-22(8-11-24)6-9-23-17-26(48-2)12-15-32(23)49-3/h6-13,15-19,28-29,35-36,43H,14,20H2,1-5H3/t28-,29+,35-,36-/m0/s1. The minimum absolute atomic E-state index is 0.0948. The molecule has 0 saturated carbocycles. The highest BCUT2D eigenvalue weighted by Gasteiger charge is 2.57. The van der Waals surface area contributed by atoms with Gasteiger partial charge in [0.05, 0.1) is 46.0 Å². The summed E-state index contributed by atoms with van der Waals surface area (Å²) in [7, 11) is 6.10. The molecule has 51 heavy (non-hydrogen) atoms. The molecule has 0 bridgehead atoms. The molecule has 3 aromatic rings. The fraction of sp³-hybridized carbons (Fsp3) is 0.268. The number of benzene rings is 3. The van der Waals surface area contributed by atoms with Crippen LogP contribution in [-0.2, 0) is 19.2 Å². The van der Waals surface area contributed by atoms with Gasteiger partial charge in [-0.2, -0.15) is 0 Å². The third kappa shape index (κ3) is 5.51. The lowest BCUT2D eigenvalue weighted by Crippen LogP contribution is -2.40. The summed E-state index contributed by atoms with van der Waals surface area (Å²) in [6.45, 7) is 1.61. The second-order valence-electron chi connectivity index (χ2n) is 13.0. The van der Waals surface area contributed by atoms with Crippen molar-refractivity contribution in [3.63, 3.8) is 0 Å². The molecule has 0 radical (unpaired) electrons. The van der Waals surface area contributed by atoms with Crippen LogP contribution in [0.15, 0.2) is 89.0 Å². The van der Waals surface area contributed by atoms with Gasteiger partial charge in [-0.25, -0.2) is 0 Å². The summed E-state index contributed by atoms with van der Waals surface area (Å²) in [6, 6.07) is 15.6. The lowest BCUT2D eigenvalue weighted by atomic mass is 9.59. The normalized spacial score (nSPS) is 22.7. The molecule has 1 aliphatic heterocycles. The number of phenolic OH excluding ortho intramolecular Hbond substituents is 1. The lowest BCUT2D eigenvalue weighted by Gasteiger charge is -2.42. The van der Waals surface area contributed by atoms with Crippen LogP contribution >= 0.6 is 0 Å². The number of amides is 2. The number of phenols is 1. The smallest absolute Gasteiger partial charge is 0.238 e. The Morgan fingerprint density at radius 1 is 0.784 bits per heavy atom. The summed E-state index contributed by atoms with van der Waals surface area (Å²) >= 11 is 0. The van der Waals surface area contributed by atoms with Gasteiger partial charge in [0.25, 0.3) is 0 Å². The van der Waals surface area contributed by atoms with Crippen LogP contribution in [0.1, 0.15) is 42.4 Å². The number of allylic oxidation sites excluding steroid dienone is 6. The van der Waals surface area contributed by atoms with Crippen molar-refractivity contribution in [1.29, 1.82) is 0 Å². The number of hydrogen-bond donors (Lipinski definition) is 1. The zero-order valence-corrected chi connectivity index (χ0v) is 28.9. The molecule has 1 N–H and O–H groups in total. The molecule has 10 heteroatoms. The first-order valence-corrected chi connectivity index (χ1v) is 16.6. The highest BCUT2D eigenvalue weighted by Crippen LogP contribution is 2.58. The Kier molecular flexibility index (Phi) is 8.62. The van der Waals surface area contributed by atoms with Gasteiger partial charge in [0.2, 0.25) is 11.8 Å². The monoisotopic (exact) mass is 687 g/mol. The minimum Gasteiger partial charge on any atom is -0.508 e. The number of nitrogens with zero attached hydrogens (tertiary/aromatic N) is 1. The fourth-order valence-corrected chi connectivity index (χ4v) is 8.05.